The van der Waals surface area contributed by atoms with E-state index in [-0.39, 0.29) is 6.04 Å². The smallest absolute Gasteiger partial charge is 0.263 e. The fraction of sp³-hybridized carbons (Fsp3) is 0.333. The molecule has 0 saturated carbocycles. The minimum Gasteiger partial charge on any atom is -0.272 e. The lowest BCUT2D eigenvalue weighted by Crippen LogP contribution is -2.23. The van der Waals surface area contributed by atoms with Crippen molar-refractivity contribution in [3.8, 4) is 0 Å². The van der Waals surface area contributed by atoms with Crippen molar-refractivity contribution in [1.29, 1.82) is 0 Å². The van der Waals surface area contributed by atoms with E-state index in [1.54, 1.807) is 18.2 Å². The first-order chi connectivity index (χ1) is 10.6. The van der Waals surface area contributed by atoms with Crippen LogP contribution < -0.4 is 4.72 Å². The molecule has 1 aromatic carbocycles. The van der Waals surface area contributed by atoms with Crippen molar-refractivity contribution in [2.24, 2.45) is 12.0 Å². The van der Waals surface area contributed by atoms with E-state index >= 15 is 0 Å². The molecule has 1 aliphatic heterocycles. The maximum absolute atomic E-state index is 12.1. The Kier molecular flexibility index (Phi) is 2.87. The summed E-state index contributed by atoms with van der Waals surface area (Å²) in [6.07, 6.45) is 4.78. The summed E-state index contributed by atoms with van der Waals surface area (Å²) in [6, 6.07) is 6.91. The lowest BCUT2D eigenvalue weighted by Gasteiger charge is -2.19. The van der Waals surface area contributed by atoms with Crippen LogP contribution in [0.15, 0.2) is 40.4 Å². The van der Waals surface area contributed by atoms with Gasteiger partial charge in [0.2, 0.25) is 0 Å². The van der Waals surface area contributed by atoms with Crippen molar-refractivity contribution >= 4 is 15.9 Å². The van der Waals surface area contributed by atoms with Crippen LogP contribution in [0.1, 0.15) is 35.7 Å². The summed E-state index contributed by atoms with van der Waals surface area (Å²) in [6.45, 7) is 0. The van der Waals surface area contributed by atoms with Gasteiger partial charge in [0.15, 0.2) is 0 Å². The number of amidine groups is 1. The molecule has 0 fully saturated rings. The summed E-state index contributed by atoms with van der Waals surface area (Å²) in [5, 5.41) is 4.30. The standard InChI is InChI=1S/C15H16N4O2S/c1-19-13-7-4-6-12(11(13)9-16-19)17-15-10-5-2-3-8-14(10)22(20,21)18-15/h2-3,5,8-9,12H,4,6-7H2,1H3,(H,17,18)/t12-/m0/s1. The maximum atomic E-state index is 12.1. The van der Waals surface area contributed by atoms with Crippen LogP contribution in [0.5, 0.6) is 0 Å². The summed E-state index contributed by atoms with van der Waals surface area (Å²) < 4.78 is 28.8. The fourth-order valence-electron chi connectivity index (χ4n) is 3.20. The van der Waals surface area contributed by atoms with E-state index in [2.05, 4.69) is 9.82 Å². The molecular formula is C15H16N4O2S. The second-order valence-corrected chi connectivity index (χ2v) is 7.31. The van der Waals surface area contributed by atoms with E-state index < -0.39 is 10.0 Å². The van der Waals surface area contributed by atoms with Gasteiger partial charge in [0, 0.05) is 23.9 Å². The molecule has 114 valence electrons. The van der Waals surface area contributed by atoms with Gasteiger partial charge in [0.05, 0.1) is 17.1 Å². The minimum atomic E-state index is -3.48. The molecular weight excluding hydrogens is 300 g/mol. The number of aryl methyl sites for hydroxylation is 1. The van der Waals surface area contributed by atoms with Crippen molar-refractivity contribution in [1.82, 2.24) is 14.5 Å². The fourth-order valence-corrected chi connectivity index (χ4v) is 4.44. The number of benzene rings is 1. The number of sulfonamides is 1. The van der Waals surface area contributed by atoms with Gasteiger partial charge in [0.1, 0.15) is 5.84 Å². The van der Waals surface area contributed by atoms with E-state index in [1.807, 2.05) is 24.0 Å². The van der Waals surface area contributed by atoms with Gasteiger partial charge in [-0.2, -0.15) is 5.10 Å². The Morgan fingerprint density at radius 1 is 1.36 bits per heavy atom. The van der Waals surface area contributed by atoms with Gasteiger partial charge in [-0.15, -0.1) is 0 Å². The normalized spacial score (nSPS) is 23.9. The van der Waals surface area contributed by atoms with Crippen LogP contribution in [0.25, 0.3) is 0 Å². The lowest BCUT2D eigenvalue weighted by atomic mass is 9.93. The van der Waals surface area contributed by atoms with Crippen molar-refractivity contribution in [3.05, 3.63) is 47.3 Å². The van der Waals surface area contributed by atoms with Gasteiger partial charge in [-0.1, -0.05) is 12.1 Å². The van der Waals surface area contributed by atoms with Gasteiger partial charge in [-0.25, -0.2) is 8.42 Å². The van der Waals surface area contributed by atoms with Gasteiger partial charge < -0.3 is 0 Å². The molecule has 6 nitrogen and oxygen atoms in total. The number of nitrogens with zero attached hydrogens (tertiary/aromatic N) is 3. The van der Waals surface area contributed by atoms with Crippen LogP contribution in [0.2, 0.25) is 0 Å². The molecule has 0 spiro atoms. The maximum Gasteiger partial charge on any atom is 0.263 e. The average Bonchev–Trinajstić information content (AvgIpc) is 3.00. The summed E-state index contributed by atoms with van der Waals surface area (Å²) in [5.41, 5.74) is 2.94. The average molecular weight is 316 g/mol. The van der Waals surface area contributed by atoms with Crippen molar-refractivity contribution < 1.29 is 8.42 Å². The van der Waals surface area contributed by atoms with Crippen LogP contribution in [0.3, 0.4) is 0 Å². The lowest BCUT2D eigenvalue weighted by molar-refractivity contribution is 0.549. The number of nitrogens with one attached hydrogen (secondary N) is 1. The van der Waals surface area contributed by atoms with E-state index in [1.165, 1.54) is 5.69 Å². The molecule has 2 aliphatic rings. The van der Waals surface area contributed by atoms with Crippen molar-refractivity contribution in [2.45, 2.75) is 30.2 Å². The number of fused-ring (bicyclic) bond motifs is 2. The Bertz CT molecular complexity index is 883. The van der Waals surface area contributed by atoms with Crippen molar-refractivity contribution in [3.63, 3.8) is 0 Å². The molecule has 7 heteroatoms. The van der Waals surface area contributed by atoms with Gasteiger partial charge >= 0.3 is 0 Å². The summed E-state index contributed by atoms with van der Waals surface area (Å²) in [5.74, 6) is 0.442. The Labute approximate surface area is 128 Å². The molecule has 0 unspecified atom stereocenters. The first-order valence-electron chi connectivity index (χ1n) is 7.27. The second-order valence-electron chi connectivity index (χ2n) is 5.66. The summed E-state index contributed by atoms with van der Waals surface area (Å²) in [4.78, 5) is 5.00. The number of aromatic nitrogens is 2. The third kappa shape index (κ3) is 1.96. The SMILES string of the molecule is Cn1ncc2c1CCC[C@@H]2N=C1NS(=O)(=O)c2ccccc21. The third-order valence-corrected chi connectivity index (χ3v) is 5.69. The topological polar surface area (TPSA) is 76.3 Å². The van der Waals surface area contributed by atoms with Gasteiger partial charge in [-0.3, -0.25) is 14.4 Å². The molecule has 1 aromatic heterocycles. The molecule has 1 aliphatic carbocycles. The molecule has 1 N–H and O–H groups in total. The Morgan fingerprint density at radius 3 is 3.05 bits per heavy atom. The van der Waals surface area contributed by atoms with E-state index in [0.29, 0.717) is 16.3 Å². The second kappa shape index (κ2) is 4.67. The molecule has 0 saturated heterocycles. The molecule has 0 radical (unpaired) electrons. The predicted octanol–water partition coefficient (Wildman–Crippen LogP) is 1.54. The van der Waals surface area contributed by atoms with Crippen molar-refractivity contribution in [2.75, 3.05) is 0 Å². The highest BCUT2D eigenvalue weighted by Crippen LogP contribution is 2.33. The first-order valence-corrected chi connectivity index (χ1v) is 8.75. The summed E-state index contributed by atoms with van der Waals surface area (Å²) >= 11 is 0. The van der Waals surface area contributed by atoms with Crippen LogP contribution in [0, 0.1) is 0 Å². The number of aliphatic imine (C=N–C) groups is 1. The molecule has 4 rings (SSSR count). The zero-order chi connectivity index (χ0) is 15.3. The van der Waals surface area contributed by atoms with Crippen LogP contribution in [0.4, 0.5) is 0 Å². The molecule has 2 aromatic rings. The molecule has 2 heterocycles. The molecule has 0 amide bonds. The van der Waals surface area contributed by atoms with Gasteiger partial charge in [-0.05, 0) is 31.4 Å². The highest BCUT2D eigenvalue weighted by Gasteiger charge is 2.32. The highest BCUT2D eigenvalue weighted by molar-refractivity contribution is 7.90. The Morgan fingerprint density at radius 2 is 2.18 bits per heavy atom. The molecule has 22 heavy (non-hydrogen) atoms. The number of rotatable bonds is 1. The zero-order valence-electron chi connectivity index (χ0n) is 12.2. The Hall–Kier alpha value is -2.15. The highest BCUT2D eigenvalue weighted by atomic mass is 32.2. The quantitative estimate of drug-likeness (QED) is 0.867. The predicted molar refractivity (Wildman–Crippen MR) is 82.2 cm³/mol. The zero-order valence-corrected chi connectivity index (χ0v) is 13.0. The monoisotopic (exact) mass is 316 g/mol. The number of hydrogen-bond acceptors (Lipinski definition) is 4. The van der Waals surface area contributed by atoms with E-state index in [0.717, 1.165) is 24.8 Å². The Balaban J connectivity index is 1.80. The van der Waals surface area contributed by atoms with Crippen LogP contribution in [-0.4, -0.2) is 24.0 Å². The number of hydrogen-bond donors (Lipinski definition) is 1. The first kappa shape index (κ1) is 13.5. The third-order valence-electron chi connectivity index (χ3n) is 4.29. The summed E-state index contributed by atoms with van der Waals surface area (Å²) in [7, 11) is -1.55. The van der Waals surface area contributed by atoms with Crippen LogP contribution >= 0.6 is 0 Å². The molecule has 1 atom stereocenters. The molecule has 0 bridgehead atoms. The van der Waals surface area contributed by atoms with E-state index in [9.17, 15) is 8.42 Å². The minimum absolute atomic E-state index is 0.0405. The van der Waals surface area contributed by atoms with Gasteiger partial charge in [0.25, 0.3) is 10.0 Å². The largest absolute Gasteiger partial charge is 0.272 e. The van der Waals surface area contributed by atoms with E-state index in [4.69, 9.17) is 4.99 Å². The van der Waals surface area contributed by atoms with Crippen LogP contribution in [-0.2, 0) is 23.5 Å².